The second-order valence-electron chi connectivity index (χ2n) is 6.30. The van der Waals surface area contributed by atoms with Gasteiger partial charge < -0.3 is 15.6 Å². The van der Waals surface area contributed by atoms with Crippen LogP contribution in [0.2, 0.25) is 0 Å². The third kappa shape index (κ3) is 2.90. The molecule has 0 saturated carbocycles. The van der Waals surface area contributed by atoms with E-state index >= 15 is 0 Å². The number of quaternary nitrogens is 1. The Morgan fingerprint density at radius 1 is 1.35 bits per heavy atom. The van der Waals surface area contributed by atoms with Crippen LogP contribution < -0.4 is 5.73 Å². The lowest BCUT2D eigenvalue weighted by Crippen LogP contribution is -2.60. The first-order chi connectivity index (χ1) is 9.64. The average Bonchev–Trinajstić information content (AvgIpc) is 2.49. The quantitative estimate of drug-likeness (QED) is 0.859. The third-order valence-corrected chi connectivity index (χ3v) is 4.89. The molecule has 20 heavy (non-hydrogen) atoms. The molecular formula is C17H28NO2+. The summed E-state index contributed by atoms with van der Waals surface area (Å²) in [5, 5.41) is 9.85. The predicted molar refractivity (Wildman–Crippen MR) is 80.3 cm³/mol. The molecule has 2 rings (SSSR count). The molecule has 3 heteroatoms. The summed E-state index contributed by atoms with van der Waals surface area (Å²) in [4.78, 5) is 0. The van der Waals surface area contributed by atoms with Crippen molar-refractivity contribution in [3.05, 3.63) is 35.9 Å². The summed E-state index contributed by atoms with van der Waals surface area (Å²) in [6.07, 6.45) is 2.22. The first-order valence-corrected chi connectivity index (χ1v) is 7.71. The van der Waals surface area contributed by atoms with Gasteiger partial charge in [0.25, 0.3) is 0 Å². The van der Waals surface area contributed by atoms with Crippen LogP contribution in [0.25, 0.3) is 0 Å². The van der Waals surface area contributed by atoms with Gasteiger partial charge in [0.2, 0.25) is 0 Å². The Bertz CT molecular complexity index is 403. The van der Waals surface area contributed by atoms with E-state index in [-0.39, 0.29) is 24.0 Å². The SMILES string of the molecule is CC(C)[C@@H]1C[C@](c2ccccc2)([C@@H](C[NH3+])CO)CCO1. The van der Waals surface area contributed by atoms with Gasteiger partial charge in [-0.15, -0.1) is 0 Å². The van der Waals surface area contributed by atoms with E-state index in [1.807, 2.05) is 0 Å². The summed E-state index contributed by atoms with van der Waals surface area (Å²) in [5.74, 6) is 0.706. The van der Waals surface area contributed by atoms with Crippen LogP contribution in [0.4, 0.5) is 0 Å². The lowest BCUT2D eigenvalue weighted by Gasteiger charge is -2.46. The maximum atomic E-state index is 9.85. The van der Waals surface area contributed by atoms with Crippen molar-refractivity contribution in [2.75, 3.05) is 19.8 Å². The summed E-state index contributed by atoms with van der Waals surface area (Å²) in [6.45, 7) is 6.15. The third-order valence-electron chi connectivity index (χ3n) is 4.89. The van der Waals surface area contributed by atoms with Crippen molar-refractivity contribution >= 4 is 0 Å². The molecule has 1 fully saturated rings. The molecule has 0 radical (unpaired) electrons. The Morgan fingerprint density at radius 2 is 2.05 bits per heavy atom. The lowest BCUT2D eigenvalue weighted by atomic mass is 9.63. The van der Waals surface area contributed by atoms with Gasteiger partial charge in [0.1, 0.15) is 0 Å². The van der Waals surface area contributed by atoms with Gasteiger partial charge in [0.05, 0.1) is 19.3 Å². The number of ether oxygens (including phenoxy) is 1. The van der Waals surface area contributed by atoms with E-state index in [1.54, 1.807) is 0 Å². The van der Waals surface area contributed by atoms with E-state index in [0.717, 1.165) is 26.0 Å². The first kappa shape index (κ1) is 15.5. The van der Waals surface area contributed by atoms with Crippen LogP contribution in [0.3, 0.4) is 0 Å². The van der Waals surface area contributed by atoms with E-state index in [0.29, 0.717) is 5.92 Å². The van der Waals surface area contributed by atoms with E-state index in [1.165, 1.54) is 5.56 Å². The number of hydrogen-bond acceptors (Lipinski definition) is 2. The summed E-state index contributed by atoms with van der Waals surface area (Å²) in [6, 6.07) is 10.6. The number of aliphatic hydroxyl groups is 1. The molecule has 0 spiro atoms. The monoisotopic (exact) mass is 278 g/mol. The van der Waals surface area contributed by atoms with Crippen molar-refractivity contribution in [3.8, 4) is 0 Å². The molecule has 0 unspecified atom stereocenters. The zero-order valence-electron chi connectivity index (χ0n) is 12.7. The summed E-state index contributed by atoms with van der Waals surface area (Å²) in [7, 11) is 0. The zero-order valence-corrected chi connectivity index (χ0v) is 12.7. The van der Waals surface area contributed by atoms with E-state index in [2.05, 4.69) is 49.9 Å². The summed E-state index contributed by atoms with van der Waals surface area (Å²) >= 11 is 0. The van der Waals surface area contributed by atoms with Gasteiger partial charge in [-0.2, -0.15) is 0 Å². The lowest BCUT2D eigenvalue weighted by molar-refractivity contribution is -0.386. The fourth-order valence-corrected chi connectivity index (χ4v) is 3.52. The van der Waals surface area contributed by atoms with Crippen molar-refractivity contribution < 1.29 is 15.6 Å². The van der Waals surface area contributed by atoms with E-state index in [9.17, 15) is 5.11 Å². The van der Waals surface area contributed by atoms with Crippen molar-refractivity contribution in [2.45, 2.75) is 38.2 Å². The van der Waals surface area contributed by atoms with Crippen LogP contribution in [0, 0.1) is 11.8 Å². The Hall–Kier alpha value is -0.900. The predicted octanol–water partition coefficient (Wildman–Crippen LogP) is 1.61. The van der Waals surface area contributed by atoms with E-state index in [4.69, 9.17) is 4.74 Å². The van der Waals surface area contributed by atoms with Gasteiger partial charge in [-0.1, -0.05) is 44.2 Å². The standard InChI is InChI=1S/C17H27NO2/c1-13(2)16-10-17(8-9-20-16,15(11-18)12-19)14-6-4-3-5-7-14/h3-7,13,15-16,19H,8-12,18H2,1-2H3/p+1/t15-,16-,17+/m0/s1. The Kier molecular flexibility index (Phi) is 5.19. The van der Waals surface area contributed by atoms with Gasteiger partial charge in [-0.05, 0) is 24.3 Å². The second kappa shape index (κ2) is 6.70. The van der Waals surface area contributed by atoms with Crippen molar-refractivity contribution in [2.24, 2.45) is 11.8 Å². The largest absolute Gasteiger partial charge is 0.396 e. The summed E-state index contributed by atoms with van der Waals surface area (Å²) < 4.78 is 5.95. The van der Waals surface area contributed by atoms with Crippen LogP contribution >= 0.6 is 0 Å². The Labute approximate surface area is 122 Å². The second-order valence-corrected chi connectivity index (χ2v) is 6.30. The minimum Gasteiger partial charge on any atom is -0.396 e. The van der Waals surface area contributed by atoms with Crippen LogP contribution in [0.5, 0.6) is 0 Å². The highest BCUT2D eigenvalue weighted by molar-refractivity contribution is 5.28. The molecular weight excluding hydrogens is 250 g/mol. The molecule has 0 bridgehead atoms. The fourth-order valence-electron chi connectivity index (χ4n) is 3.52. The number of benzene rings is 1. The summed E-state index contributed by atoms with van der Waals surface area (Å²) in [5.41, 5.74) is 5.41. The van der Waals surface area contributed by atoms with Crippen molar-refractivity contribution in [3.63, 3.8) is 0 Å². The van der Waals surface area contributed by atoms with Crippen LogP contribution in [-0.4, -0.2) is 31.0 Å². The zero-order chi connectivity index (χ0) is 14.6. The van der Waals surface area contributed by atoms with Crippen LogP contribution in [0.1, 0.15) is 32.3 Å². The van der Waals surface area contributed by atoms with Gasteiger partial charge in [-0.3, -0.25) is 0 Å². The molecule has 1 aromatic rings. The van der Waals surface area contributed by atoms with E-state index < -0.39 is 0 Å². The number of aliphatic hydroxyl groups excluding tert-OH is 1. The molecule has 1 aliphatic heterocycles. The van der Waals surface area contributed by atoms with Gasteiger partial charge in [-0.25, -0.2) is 0 Å². The fraction of sp³-hybridized carbons (Fsp3) is 0.647. The molecule has 1 aliphatic rings. The molecule has 1 aromatic carbocycles. The van der Waals surface area contributed by atoms with Crippen LogP contribution in [0.15, 0.2) is 30.3 Å². The highest BCUT2D eigenvalue weighted by Gasteiger charge is 2.45. The average molecular weight is 278 g/mol. The smallest absolute Gasteiger partial charge is 0.0799 e. The highest BCUT2D eigenvalue weighted by Crippen LogP contribution is 2.44. The van der Waals surface area contributed by atoms with Gasteiger partial charge in [0.15, 0.2) is 0 Å². The maximum Gasteiger partial charge on any atom is 0.0799 e. The van der Waals surface area contributed by atoms with Gasteiger partial charge in [0, 0.05) is 17.9 Å². The molecule has 0 aromatic heterocycles. The topological polar surface area (TPSA) is 57.1 Å². The molecule has 0 aliphatic carbocycles. The molecule has 0 amide bonds. The molecule has 3 nitrogen and oxygen atoms in total. The molecule has 1 heterocycles. The molecule has 112 valence electrons. The van der Waals surface area contributed by atoms with Crippen molar-refractivity contribution in [1.29, 1.82) is 0 Å². The Morgan fingerprint density at radius 3 is 2.60 bits per heavy atom. The number of rotatable bonds is 5. The molecule has 3 atom stereocenters. The van der Waals surface area contributed by atoms with Gasteiger partial charge >= 0.3 is 0 Å². The molecule has 1 saturated heterocycles. The molecule has 4 N–H and O–H groups in total. The minimum absolute atomic E-state index is 0.00491. The first-order valence-electron chi connectivity index (χ1n) is 7.71. The highest BCUT2D eigenvalue weighted by atomic mass is 16.5. The van der Waals surface area contributed by atoms with Crippen LogP contribution in [-0.2, 0) is 10.2 Å². The Balaban J connectivity index is 2.39. The maximum absolute atomic E-state index is 9.85. The normalized spacial score (nSPS) is 28.6. The minimum atomic E-state index is 0.00491. The van der Waals surface area contributed by atoms with Crippen molar-refractivity contribution in [1.82, 2.24) is 0 Å². The number of hydrogen-bond donors (Lipinski definition) is 2.